The minimum Gasteiger partial charge on any atom is -0.392 e. The number of amides is 2. The van der Waals surface area contributed by atoms with E-state index in [-0.39, 0.29) is 30.6 Å². The van der Waals surface area contributed by atoms with E-state index in [0.717, 1.165) is 72.2 Å². The topological polar surface area (TPSA) is 100 Å². The molecule has 0 aromatic heterocycles. The maximum atomic E-state index is 12.4. The van der Waals surface area contributed by atoms with Crippen molar-refractivity contribution in [1.82, 2.24) is 15.5 Å². The van der Waals surface area contributed by atoms with Gasteiger partial charge in [-0.3, -0.25) is 14.5 Å². The molecule has 0 saturated carbocycles. The number of hydrogen-bond donors (Lipinski definition) is 3. The highest BCUT2D eigenvalue weighted by molar-refractivity contribution is 5.76. The minimum absolute atomic E-state index is 0.0113. The van der Waals surface area contributed by atoms with Crippen LogP contribution in [0.15, 0.2) is 103 Å². The van der Waals surface area contributed by atoms with E-state index in [4.69, 9.17) is 9.47 Å². The molecule has 4 aromatic carbocycles. The molecule has 258 valence electrons. The van der Waals surface area contributed by atoms with Crippen LogP contribution >= 0.6 is 0 Å². The van der Waals surface area contributed by atoms with Crippen molar-refractivity contribution in [3.8, 4) is 11.1 Å². The van der Waals surface area contributed by atoms with Gasteiger partial charge < -0.3 is 25.2 Å². The Kier molecular flexibility index (Phi) is 13.5. The summed E-state index contributed by atoms with van der Waals surface area (Å²) >= 11 is 0. The molecule has 2 amide bonds. The summed E-state index contributed by atoms with van der Waals surface area (Å²) in [5.74, 6) is 0.0140. The van der Waals surface area contributed by atoms with Crippen molar-refractivity contribution in [2.75, 3.05) is 20.1 Å². The summed E-state index contributed by atoms with van der Waals surface area (Å²) in [7, 11) is 2.12. The molecule has 1 heterocycles. The van der Waals surface area contributed by atoms with Crippen LogP contribution in [0.4, 0.5) is 0 Å². The van der Waals surface area contributed by atoms with Crippen LogP contribution in [0.3, 0.4) is 0 Å². The van der Waals surface area contributed by atoms with Gasteiger partial charge in [-0.15, -0.1) is 0 Å². The van der Waals surface area contributed by atoms with E-state index in [1.807, 2.05) is 42.5 Å². The van der Waals surface area contributed by atoms with E-state index in [1.165, 1.54) is 12.5 Å². The number of likely N-dealkylation sites (N-methyl/N-ethyl adjacent to an activating group) is 1. The summed E-state index contributed by atoms with van der Waals surface area (Å²) in [6, 6.07) is 35.0. The average Bonchev–Trinajstić information content (AvgIpc) is 3.12. The van der Waals surface area contributed by atoms with Crippen molar-refractivity contribution in [3.05, 3.63) is 131 Å². The Morgan fingerprint density at radius 2 is 1.51 bits per heavy atom. The van der Waals surface area contributed by atoms with E-state index >= 15 is 0 Å². The zero-order valence-electron chi connectivity index (χ0n) is 28.6. The maximum absolute atomic E-state index is 12.4. The number of ether oxygens (including phenoxy) is 2. The summed E-state index contributed by atoms with van der Waals surface area (Å²) in [5, 5.41) is 15.4. The Morgan fingerprint density at radius 3 is 2.24 bits per heavy atom. The molecular formula is C41H49N3O5. The number of aliphatic hydroxyl groups excluding tert-OH is 1. The number of aliphatic hydroxyl groups is 1. The van der Waals surface area contributed by atoms with Crippen LogP contribution < -0.4 is 10.6 Å². The molecule has 8 heteroatoms. The predicted molar refractivity (Wildman–Crippen MR) is 192 cm³/mol. The molecular weight excluding hydrogens is 614 g/mol. The van der Waals surface area contributed by atoms with Gasteiger partial charge in [-0.2, -0.15) is 0 Å². The Hall–Kier alpha value is -4.34. The first-order valence-electron chi connectivity index (χ1n) is 17.3. The second-order valence-corrected chi connectivity index (χ2v) is 12.9. The molecule has 1 aliphatic rings. The number of nitrogens with one attached hydrogen (secondary N) is 2. The summed E-state index contributed by atoms with van der Waals surface area (Å²) in [6.45, 7) is 4.25. The molecule has 5 rings (SSSR count). The van der Waals surface area contributed by atoms with Gasteiger partial charge >= 0.3 is 0 Å². The molecule has 0 radical (unpaired) electrons. The number of unbranched alkanes of at least 4 members (excludes halogenated alkanes) is 2. The van der Waals surface area contributed by atoms with Gasteiger partial charge in [0.05, 0.1) is 18.8 Å². The maximum Gasteiger partial charge on any atom is 0.220 e. The number of hydrogen-bond acceptors (Lipinski definition) is 6. The van der Waals surface area contributed by atoms with Gasteiger partial charge in [-0.25, -0.2) is 0 Å². The number of benzene rings is 4. The van der Waals surface area contributed by atoms with Crippen LogP contribution in [0.1, 0.15) is 79.2 Å². The number of nitrogens with zero attached hydrogens (tertiary/aromatic N) is 1. The smallest absolute Gasteiger partial charge is 0.220 e. The van der Waals surface area contributed by atoms with E-state index in [9.17, 15) is 14.7 Å². The molecule has 8 nitrogen and oxygen atoms in total. The molecule has 3 N–H and O–H groups in total. The van der Waals surface area contributed by atoms with Crippen molar-refractivity contribution in [3.63, 3.8) is 0 Å². The fourth-order valence-electron chi connectivity index (χ4n) is 6.17. The summed E-state index contributed by atoms with van der Waals surface area (Å²) < 4.78 is 13.2. The Bertz CT molecular complexity index is 1610. The van der Waals surface area contributed by atoms with Crippen molar-refractivity contribution in [2.24, 2.45) is 0 Å². The van der Waals surface area contributed by atoms with Gasteiger partial charge in [0.1, 0.15) is 0 Å². The van der Waals surface area contributed by atoms with Crippen LogP contribution in [0.5, 0.6) is 0 Å². The fourth-order valence-corrected chi connectivity index (χ4v) is 6.17. The standard InChI is InChI=1S/C41H49N3O5/c1-30(46)42-23-8-4-7-14-40(47)43-26-33-12-9-13-37(24-33)34-19-21-36(22-20-34)41-48-38(28-44(2)27-31-10-5-3-6-11-31)25-39(49-41)35-17-15-32(29-45)16-18-35/h3,5-6,9-13,15-22,24,38-39,41,45H,4,7-8,14,23,25-29H2,1-2H3,(H,42,46)(H,43,47)/t38-,39+,41+/m1/s1. The van der Waals surface area contributed by atoms with Gasteiger partial charge in [0.15, 0.2) is 6.29 Å². The molecule has 1 saturated heterocycles. The van der Waals surface area contributed by atoms with E-state index in [2.05, 4.69) is 83.2 Å². The molecule has 0 unspecified atom stereocenters. The monoisotopic (exact) mass is 663 g/mol. The third-order valence-corrected chi connectivity index (χ3v) is 8.81. The van der Waals surface area contributed by atoms with Crippen molar-refractivity contribution in [2.45, 2.75) is 77.2 Å². The summed E-state index contributed by atoms with van der Waals surface area (Å²) in [6.07, 6.45) is 3.09. The molecule has 1 fully saturated rings. The lowest BCUT2D eigenvalue weighted by Gasteiger charge is -2.38. The zero-order valence-corrected chi connectivity index (χ0v) is 28.6. The van der Waals surface area contributed by atoms with Crippen molar-refractivity contribution >= 4 is 11.8 Å². The van der Waals surface area contributed by atoms with Crippen LogP contribution in [-0.2, 0) is 38.8 Å². The van der Waals surface area contributed by atoms with Crippen LogP contribution in [0.2, 0.25) is 0 Å². The molecule has 49 heavy (non-hydrogen) atoms. The highest BCUT2D eigenvalue weighted by atomic mass is 16.7. The van der Waals surface area contributed by atoms with Crippen LogP contribution in [0, 0.1) is 0 Å². The molecule has 4 aromatic rings. The number of carbonyl (C=O) groups is 2. The van der Waals surface area contributed by atoms with Gasteiger partial charge in [-0.1, -0.05) is 103 Å². The predicted octanol–water partition coefficient (Wildman–Crippen LogP) is 6.84. The molecule has 0 bridgehead atoms. The van der Waals surface area contributed by atoms with Crippen LogP contribution in [0.25, 0.3) is 11.1 Å². The van der Waals surface area contributed by atoms with E-state index in [1.54, 1.807) is 0 Å². The first-order valence-corrected chi connectivity index (χ1v) is 17.3. The second-order valence-electron chi connectivity index (χ2n) is 12.9. The number of carbonyl (C=O) groups excluding carboxylic acids is 2. The Balaban J connectivity index is 1.20. The van der Waals surface area contributed by atoms with Gasteiger partial charge in [0, 0.05) is 51.5 Å². The quantitative estimate of drug-likeness (QED) is 0.114. The fraction of sp³-hybridized carbons (Fsp3) is 0.366. The lowest BCUT2D eigenvalue weighted by molar-refractivity contribution is -0.252. The van der Waals surface area contributed by atoms with Crippen molar-refractivity contribution in [1.29, 1.82) is 0 Å². The van der Waals surface area contributed by atoms with Gasteiger partial charge in [0.25, 0.3) is 0 Å². The third-order valence-electron chi connectivity index (χ3n) is 8.81. The van der Waals surface area contributed by atoms with Gasteiger partial charge in [-0.05, 0) is 59.3 Å². The highest BCUT2D eigenvalue weighted by Crippen LogP contribution is 2.38. The lowest BCUT2D eigenvalue weighted by atomic mass is 9.99. The van der Waals surface area contributed by atoms with Crippen molar-refractivity contribution < 1.29 is 24.2 Å². The minimum atomic E-state index is -0.521. The molecule has 1 aliphatic heterocycles. The van der Waals surface area contributed by atoms with Crippen LogP contribution in [-0.4, -0.2) is 48.1 Å². The highest BCUT2D eigenvalue weighted by Gasteiger charge is 2.32. The first-order chi connectivity index (χ1) is 23.9. The second kappa shape index (κ2) is 18.4. The van der Waals surface area contributed by atoms with E-state index < -0.39 is 6.29 Å². The third kappa shape index (κ3) is 11.4. The molecule has 0 aliphatic carbocycles. The summed E-state index contributed by atoms with van der Waals surface area (Å²) in [5.41, 5.74) is 7.35. The average molecular weight is 664 g/mol. The summed E-state index contributed by atoms with van der Waals surface area (Å²) in [4.78, 5) is 25.6. The van der Waals surface area contributed by atoms with E-state index in [0.29, 0.717) is 19.5 Å². The van der Waals surface area contributed by atoms with Gasteiger partial charge in [0.2, 0.25) is 11.8 Å². The molecule has 0 spiro atoms. The SMILES string of the molecule is CC(=O)NCCCCCC(=O)NCc1cccc(-c2ccc([C@H]3O[C@@H](CN(C)Cc4ccccc4)C[C@@H](c4ccc(CO)cc4)O3)cc2)c1. The normalized spacial score (nSPS) is 17.5. The first kappa shape index (κ1) is 36.0. The lowest BCUT2D eigenvalue weighted by Crippen LogP contribution is -2.37. The largest absolute Gasteiger partial charge is 0.392 e. The Labute approximate surface area is 290 Å². The number of rotatable bonds is 16. The Morgan fingerprint density at radius 1 is 0.776 bits per heavy atom. The molecule has 3 atom stereocenters. The zero-order chi connectivity index (χ0) is 34.4.